The van der Waals surface area contributed by atoms with Crippen LogP contribution in [-0.2, 0) is 9.84 Å². The number of thiazole rings is 1. The van der Waals surface area contributed by atoms with Crippen molar-refractivity contribution in [1.82, 2.24) is 4.98 Å². The summed E-state index contributed by atoms with van der Waals surface area (Å²) < 4.78 is 24.2. The molecule has 1 aliphatic carbocycles. The minimum absolute atomic E-state index is 0.0117. The van der Waals surface area contributed by atoms with Gasteiger partial charge < -0.3 is 0 Å². The summed E-state index contributed by atoms with van der Waals surface area (Å²) in [5, 5.41) is 5.68. The number of rotatable bonds is 4. The van der Waals surface area contributed by atoms with Gasteiger partial charge in [0.1, 0.15) is 0 Å². The van der Waals surface area contributed by atoms with Crippen LogP contribution in [-0.4, -0.2) is 25.1 Å². The molecule has 0 spiro atoms. The van der Waals surface area contributed by atoms with Gasteiger partial charge in [0.05, 0.1) is 21.2 Å². The summed E-state index contributed by atoms with van der Waals surface area (Å²) in [5.74, 6) is -0.389. The van der Waals surface area contributed by atoms with Gasteiger partial charge in [-0.3, -0.25) is 10.1 Å². The summed E-state index contributed by atoms with van der Waals surface area (Å²) in [5.41, 5.74) is 3.36. The predicted octanol–water partition coefficient (Wildman–Crippen LogP) is 4.99. The van der Waals surface area contributed by atoms with Crippen molar-refractivity contribution in [2.24, 2.45) is 0 Å². The van der Waals surface area contributed by atoms with Crippen molar-refractivity contribution < 1.29 is 13.2 Å². The van der Waals surface area contributed by atoms with Crippen molar-refractivity contribution in [3.63, 3.8) is 0 Å². The van der Waals surface area contributed by atoms with E-state index in [2.05, 4.69) is 28.5 Å². The molecule has 5 rings (SSSR count). The van der Waals surface area contributed by atoms with Crippen LogP contribution >= 0.6 is 11.3 Å². The highest BCUT2D eigenvalue weighted by Gasteiger charge is 2.26. The van der Waals surface area contributed by atoms with Gasteiger partial charge >= 0.3 is 0 Å². The van der Waals surface area contributed by atoms with Crippen LogP contribution in [0, 0.1) is 0 Å². The first kappa shape index (κ1) is 18.0. The summed E-state index contributed by atoms with van der Waals surface area (Å²) in [6, 6.07) is 18.4. The normalized spacial score (nSPS) is 12.2. The lowest BCUT2D eigenvalue weighted by Crippen LogP contribution is -2.13. The largest absolute Gasteiger partial charge is 0.298 e. The van der Waals surface area contributed by atoms with Gasteiger partial charge in [0.2, 0.25) is 0 Å². The Morgan fingerprint density at radius 2 is 1.76 bits per heavy atom. The van der Waals surface area contributed by atoms with Gasteiger partial charge in [-0.05, 0) is 29.0 Å². The third kappa shape index (κ3) is 2.85. The number of hydrogen-bond donors (Lipinski definition) is 1. The number of nitrogens with zero attached hydrogens (tertiary/aromatic N) is 1. The Morgan fingerprint density at radius 1 is 1.03 bits per heavy atom. The van der Waals surface area contributed by atoms with E-state index in [9.17, 15) is 13.2 Å². The van der Waals surface area contributed by atoms with Crippen molar-refractivity contribution in [1.29, 1.82) is 0 Å². The standard InChI is InChI=1S/C22H16N2O3S2/c1-2-29(26,27)15-9-3-8-14(12-15)21(25)24-22-23-19-16-10-4-6-13-7-5-11-17(18(13)16)20(19)28-22/h3-12H,2H2,1H3,(H,23,24,25). The fourth-order valence-corrected chi connectivity index (χ4v) is 5.57. The molecule has 1 aromatic heterocycles. The first-order valence-corrected chi connectivity index (χ1v) is 11.6. The zero-order chi connectivity index (χ0) is 20.2. The van der Waals surface area contributed by atoms with Gasteiger partial charge in [-0.1, -0.05) is 60.7 Å². The van der Waals surface area contributed by atoms with Crippen LogP contribution in [0.3, 0.4) is 0 Å². The van der Waals surface area contributed by atoms with Gasteiger partial charge in [-0.15, -0.1) is 0 Å². The molecule has 0 unspecified atom stereocenters. The maximum absolute atomic E-state index is 12.7. The molecule has 144 valence electrons. The summed E-state index contributed by atoms with van der Waals surface area (Å²) in [6.45, 7) is 1.58. The molecule has 0 bridgehead atoms. The molecule has 0 atom stereocenters. The molecule has 1 amide bonds. The highest BCUT2D eigenvalue weighted by molar-refractivity contribution is 7.91. The van der Waals surface area contributed by atoms with E-state index in [0.29, 0.717) is 5.13 Å². The molecule has 29 heavy (non-hydrogen) atoms. The van der Waals surface area contributed by atoms with Crippen LogP contribution in [0.4, 0.5) is 5.13 Å². The molecule has 1 heterocycles. The number of amides is 1. The topological polar surface area (TPSA) is 76.1 Å². The lowest BCUT2D eigenvalue weighted by molar-refractivity contribution is 0.102. The molecule has 7 heteroatoms. The van der Waals surface area contributed by atoms with E-state index < -0.39 is 9.84 Å². The zero-order valence-electron chi connectivity index (χ0n) is 15.5. The van der Waals surface area contributed by atoms with E-state index in [-0.39, 0.29) is 22.1 Å². The summed E-state index contributed by atoms with van der Waals surface area (Å²) in [7, 11) is -3.37. The van der Waals surface area contributed by atoms with Gasteiger partial charge in [-0.2, -0.15) is 0 Å². The average molecular weight is 421 g/mol. The number of carbonyl (C=O) groups is 1. The molecule has 3 aromatic carbocycles. The Hall–Kier alpha value is -3.03. The molecule has 0 fully saturated rings. The predicted molar refractivity (Wildman–Crippen MR) is 116 cm³/mol. The smallest absolute Gasteiger partial charge is 0.257 e. The average Bonchev–Trinajstić information content (AvgIpc) is 3.28. The van der Waals surface area contributed by atoms with E-state index in [1.54, 1.807) is 19.1 Å². The second-order valence-corrected chi connectivity index (χ2v) is 10.1. The first-order valence-electron chi connectivity index (χ1n) is 9.15. The monoisotopic (exact) mass is 420 g/mol. The van der Waals surface area contributed by atoms with Crippen LogP contribution in [0.25, 0.3) is 32.5 Å². The van der Waals surface area contributed by atoms with E-state index >= 15 is 0 Å². The van der Waals surface area contributed by atoms with Crippen molar-refractivity contribution in [2.75, 3.05) is 11.1 Å². The lowest BCUT2D eigenvalue weighted by Gasteiger charge is -2.06. The Balaban J connectivity index is 1.48. The number of sulfone groups is 1. The maximum atomic E-state index is 12.7. The number of carbonyl (C=O) groups excluding carboxylic acids is 1. The highest BCUT2D eigenvalue weighted by Crippen LogP contribution is 2.50. The van der Waals surface area contributed by atoms with E-state index in [0.717, 1.165) is 21.7 Å². The molecule has 1 aliphatic rings. The fourth-order valence-electron chi connectivity index (χ4n) is 3.63. The van der Waals surface area contributed by atoms with E-state index in [1.165, 1.54) is 34.2 Å². The highest BCUT2D eigenvalue weighted by atomic mass is 32.2. The first-order chi connectivity index (χ1) is 14.0. The molecular formula is C22H16N2O3S2. The molecule has 0 saturated heterocycles. The molecule has 0 aliphatic heterocycles. The summed E-state index contributed by atoms with van der Waals surface area (Å²) in [4.78, 5) is 18.5. The second-order valence-electron chi connectivity index (χ2n) is 6.79. The van der Waals surface area contributed by atoms with Crippen molar-refractivity contribution in [2.45, 2.75) is 11.8 Å². The van der Waals surface area contributed by atoms with Crippen molar-refractivity contribution >= 4 is 43.0 Å². The van der Waals surface area contributed by atoms with Crippen LogP contribution < -0.4 is 5.32 Å². The molecule has 1 N–H and O–H groups in total. The number of benzene rings is 3. The molecule has 0 saturated carbocycles. The maximum Gasteiger partial charge on any atom is 0.257 e. The number of fused-ring (bicyclic) bond motifs is 3. The minimum atomic E-state index is -3.37. The molecular weight excluding hydrogens is 404 g/mol. The summed E-state index contributed by atoms with van der Waals surface area (Å²) >= 11 is 1.43. The number of aromatic nitrogens is 1. The fraction of sp³-hybridized carbons (Fsp3) is 0.0909. The Morgan fingerprint density at radius 3 is 2.52 bits per heavy atom. The van der Waals surface area contributed by atoms with Crippen LogP contribution in [0.15, 0.2) is 65.6 Å². The van der Waals surface area contributed by atoms with Crippen molar-refractivity contribution in [3.8, 4) is 21.7 Å². The number of anilines is 1. The third-order valence-electron chi connectivity index (χ3n) is 5.09. The Kier molecular flexibility index (Phi) is 4.04. The van der Waals surface area contributed by atoms with Gasteiger partial charge in [0.15, 0.2) is 15.0 Å². The van der Waals surface area contributed by atoms with Crippen LogP contribution in [0.5, 0.6) is 0 Å². The van der Waals surface area contributed by atoms with Crippen LogP contribution in [0.2, 0.25) is 0 Å². The molecule has 4 aromatic rings. The lowest BCUT2D eigenvalue weighted by atomic mass is 10.0. The van der Waals surface area contributed by atoms with E-state index in [1.807, 2.05) is 18.2 Å². The third-order valence-corrected chi connectivity index (χ3v) is 7.82. The molecule has 5 nitrogen and oxygen atoms in total. The quantitative estimate of drug-likeness (QED) is 0.444. The van der Waals surface area contributed by atoms with Crippen LogP contribution in [0.1, 0.15) is 17.3 Å². The Bertz CT molecular complexity index is 1350. The van der Waals surface area contributed by atoms with Gasteiger partial charge in [-0.25, -0.2) is 13.4 Å². The van der Waals surface area contributed by atoms with Gasteiger partial charge in [0, 0.05) is 16.7 Å². The van der Waals surface area contributed by atoms with Crippen molar-refractivity contribution in [3.05, 3.63) is 66.2 Å². The summed E-state index contributed by atoms with van der Waals surface area (Å²) in [6.07, 6.45) is 0. The van der Waals surface area contributed by atoms with E-state index in [4.69, 9.17) is 0 Å². The second kappa shape index (κ2) is 6.50. The zero-order valence-corrected chi connectivity index (χ0v) is 17.1. The Labute approximate surface area is 172 Å². The molecule has 0 radical (unpaired) electrons. The minimum Gasteiger partial charge on any atom is -0.298 e. The van der Waals surface area contributed by atoms with Gasteiger partial charge in [0.25, 0.3) is 5.91 Å². The number of nitrogens with one attached hydrogen (secondary N) is 1. The SMILES string of the molecule is CCS(=O)(=O)c1cccc(C(=O)Nc2nc3c(s2)-c2cccc4cccc-3c24)c1. The number of hydrogen-bond acceptors (Lipinski definition) is 5.